The van der Waals surface area contributed by atoms with Crippen LogP contribution in [-0.4, -0.2) is 24.6 Å². The fourth-order valence-electron chi connectivity index (χ4n) is 3.64. The minimum atomic E-state index is -0.0568. The Bertz CT molecular complexity index is 655. The Labute approximate surface area is 155 Å². The van der Waals surface area contributed by atoms with E-state index in [1.807, 2.05) is 23.9 Å². The molecule has 1 saturated heterocycles. The van der Waals surface area contributed by atoms with E-state index in [1.165, 1.54) is 10.5 Å². The molecule has 0 saturated carbocycles. The van der Waals surface area contributed by atoms with Crippen LogP contribution in [0.2, 0.25) is 0 Å². The molecule has 2 aromatic rings. The lowest BCUT2D eigenvalue weighted by molar-refractivity contribution is 0.0136. The van der Waals surface area contributed by atoms with Crippen LogP contribution in [0.4, 0.5) is 0 Å². The predicted molar refractivity (Wildman–Crippen MR) is 106 cm³/mol. The Morgan fingerprint density at radius 2 is 1.84 bits per heavy atom. The van der Waals surface area contributed by atoms with E-state index in [0.717, 1.165) is 31.6 Å². The lowest BCUT2D eigenvalue weighted by atomic mass is 9.90. The molecule has 0 amide bonds. The molecule has 25 heavy (non-hydrogen) atoms. The maximum Gasteiger partial charge on any atom is 0.118 e. The van der Waals surface area contributed by atoms with Gasteiger partial charge in [-0.05, 0) is 61.9 Å². The van der Waals surface area contributed by atoms with Crippen LogP contribution in [0, 0.1) is 5.92 Å². The standard InChI is InChI=1S/C22H28O2S/c1-17-16-24-22(2,15-7-10-18-8-5-4-6-9-18)21(17)25-20-13-11-19(23-3)12-14-20/h4-6,8-9,11-14,17,21H,7,10,15-16H2,1-3H3/t17-,21+,22+/m1/s1. The van der Waals surface area contributed by atoms with Crippen LogP contribution in [0.3, 0.4) is 0 Å². The van der Waals surface area contributed by atoms with Gasteiger partial charge in [-0.3, -0.25) is 0 Å². The van der Waals surface area contributed by atoms with Crippen molar-refractivity contribution in [2.75, 3.05) is 13.7 Å². The molecule has 0 unspecified atom stereocenters. The van der Waals surface area contributed by atoms with E-state index < -0.39 is 0 Å². The van der Waals surface area contributed by atoms with Crippen LogP contribution >= 0.6 is 11.8 Å². The second-order valence-corrected chi connectivity index (χ2v) is 8.37. The van der Waals surface area contributed by atoms with Crippen LogP contribution in [0.1, 0.15) is 32.3 Å². The molecular weight excluding hydrogens is 328 g/mol. The van der Waals surface area contributed by atoms with Crippen molar-refractivity contribution in [3.8, 4) is 5.75 Å². The first-order valence-corrected chi connectivity index (χ1v) is 9.97. The lowest BCUT2D eigenvalue weighted by Gasteiger charge is -2.31. The molecule has 0 aromatic heterocycles. The molecule has 1 fully saturated rings. The SMILES string of the molecule is COc1ccc(S[C@H]2[C@H](C)CO[C@@]2(C)CCCc2ccccc2)cc1. The topological polar surface area (TPSA) is 18.5 Å². The molecule has 1 aliphatic rings. The summed E-state index contributed by atoms with van der Waals surface area (Å²) in [5.74, 6) is 1.47. The van der Waals surface area contributed by atoms with E-state index >= 15 is 0 Å². The molecule has 3 rings (SSSR count). The van der Waals surface area contributed by atoms with Crippen LogP contribution in [0.15, 0.2) is 59.5 Å². The number of hydrogen-bond acceptors (Lipinski definition) is 3. The van der Waals surface area contributed by atoms with Gasteiger partial charge in [0.05, 0.1) is 19.3 Å². The Kier molecular flexibility index (Phi) is 6.08. The van der Waals surface area contributed by atoms with Crippen molar-refractivity contribution in [3.63, 3.8) is 0 Å². The monoisotopic (exact) mass is 356 g/mol. The average molecular weight is 357 g/mol. The fourth-order valence-corrected chi connectivity index (χ4v) is 4.97. The van der Waals surface area contributed by atoms with Gasteiger partial charge < -0.3 is 9.47 Å². The molecule has 0 bridgehead atoms. The fraction of sp³-hybridized carbons (Fsp3) is 0.455. The summed E-state index contributed by atoms with van der Waals surface area (Å²) in [5, 5.41) is 0.483. The van der Waals surface area contributed by atoms with Crippen molar-refractivity contribution in [2.45, 2.75) is 48.9 Å². The van der Waals surface area contributed by atoms with Gasteiger partial charge in [0.1, 0.15) is 5.75 Å². The highest BCUT2D eigenvalue weighted by Crippen LogP contribution is 2.44. The van der Waals surface area contributed by atoms with Gasteiger partial charge in [-0.25, -0.2) is 0 Å². The quantitative estimate of drug-likeness (QED) is 0.643. The summed E-state index contributed by atoms with van der Waals surface area (Å²) in [7, 11) is 1.71. The summed E-state index contributed by atoms with van der Waals surface area (Å²) in [6.07, 6.45) is 3.38. The van der Waals surface area contributed by atoms with Crippen molar-refractivity contribution in [2.24, 2.45) is 5.92 Å². The third kappa shape index (κ3) is 4.59. The molecule has 2 aromatic carbocycles. The molecule has 3 atom stereocenters. The first-order chi connectivity index (χ1) is 12.1. The number of rotatable bonds is 7. The Hall–Kier alpha value is -1.45. The van der Waals surface area contributed by atoms with Crippen LogP contribution in [0.25, 0.3) is 0 Å². The van der Waals surface area contributed by atoms with Gasteiger partial charge in [-0.15, -0.1) is 11.8 Å². The second-order valence-electron chi connectivity index (χ2n) is 7.15. The van der Waals surface area contributed by atoms with E-state index in [1.54, 1.807) is 7.11 Å². The zero-order valence-electron chi connectivity index (χ0n) is 15.4. The number of aryl methyl sites for hydroxylation is 1. The molecule has 134 valence electrons. The summed E-state index contributed by atoms with van der Waals surface area (Å²) in [4.78, 5) is 1.29. The lowest BCUT2D eigenvalue weighted by Crippen LogP contribution is -2.35. The smallest absolute Gasteiger partial charge is 0.118 e. The van der Waals surface area contributed by atoms with Crippen molar-refractivity contribution in [3.05, 3.63) is 60.2 Å². The highest BCUT2D eigenvalue weighted by Gasteiger charge is 2.44. The maximum absolute atomic E-state index is 6.27. The summed E-state index contributed by atoms with van der Waals surface area (Å²) < 4.78 is 11.5. The molecule has 0 spiro atoms. The number of ether oxygens (including phenoxy) is 2. The van der Waals surface area contributed by atoms with E-state index in [2.05, 4.69) is 56.3 Å². The first kappa shape index (κ1) is 18.3. The van der Waals surface area contributed by atoms with E-state index in [4.69, 9.17) is 9.47 Å². The number of hydrogen-bond donors (Lipinski definition) is 0. The van der Waals surface area contributed by atoms with Crippen molar-refractivity contribution in [1.29, 1.82) is 0 Å². The van der Waals surface area contributed by atoms with E-state index in [-0.39, 0.29) is 5.60 Å². The maximum atomic E-state index is 6.27. The van der Waals surface area contributed by atoms with E-state index in [9.17, 15) is 0 Å². The molecule has 3 heteroatoms. The Morgan fingerprint density at radius 1 is 1.12 bits per heavy atom. The molecule has 0 radical (unpaired) electrons. The molecule has 0 aliphatic carbocycles. The Morgan fingerprint density at radius 3 is 2.52 bits per heavy atom. The molecule has 1 heterocycles. The molecule has 0 N–H and O–H groups in total. The summed E-state index contributed by atoms with van der Waals surface area (Å²) in [5.41, 5.74) is 1.36. The van der Waals surface area contributed by atoms with E-state index in [0.29, 0.717) is 11.2 Å². The van der Waals surface area contributed by atoms with Crippen LogP contribution in [-0.2, 0) is 11.2 Å². The van der Waals surface area contributed by atoms with Crippen LogP contribution in [0.5, 0.6) is 5.75 Å². The zero-order chi connectivity index (χ0) is 17.7. The summed E-state index contributed by atoms with van der Waals surface area (Å²) >= 11 is 1.95. The van der Waals surface area contributed by atoms with Gasteiger partial charge in [0, 0.05) is 10.1 Å². The first-order valence-electron chi connectivity index (χ1n) is 9.09. The van der Waals surface area contributed by atoms with Gasteiger partial charge in [0.15, 0.2) is 0 Å². The minimum Gasteiger partial charge on any atom is -0.497 e. The zero-order valence-corrected chi connectivity index (χ0v) is 16.2. The highest BCUT2D eigenvalue weighted by atomic mass is 32.2. The minimum absolute atomic E-state index is 0.0568. The summed E-state index contributed by atoms with van der Waals surface area (Å²) in [6.45, 7) is 5.46. The van der Waals surface area contributed by atoms with Crippen molar-refractivity contribution >= 4 is 11.8 Å². The number of thioether (sulfide) groups is 1. The van der Waals surface area contributed by atoms with Crippen molar-refractivity contribution < 1.29 is 9.47 Å². The third-order valence-corrected chi connectivity index (χ3v) is 6.86. The predicted octanol–water partition coefficient (Wildman–Crippen LogP) is 5.60. The summed E-state index contributed by atoms with van der Waals surface area (Å²) in [6, 6.07) is 19.1. The number of benzene rings is 2. The molecule has 2 nitrogen and oxygen atoms in total. The van der Waals surface area contributed by atoms with Gasteiger partial charge in [-0.2, -0.15) is 0 Å². The van der Waals surface area contributed by atoms with Crippen LogP contribution < -0.4 is 4.74 Å². The van der Waals surface area contributed by atoms with Gasteiger partial charge in [-0.1, -0.05) is 37.3 Å². The van der Waals surface area contributed by atoms with Gasteiger partial charge in [0.25, 0.3) is 0 Å². The molecule has 1 aliphatic heterocycles. The number of methoxy groups -OCH3 is 1. The Balaban J connectivity index is 1.61. The normalized spacial score (nSPS) is 25.9. The van der Waals surface area contributed by atoms with Gasteiger partial charge >= 0.3 is 0 Å². The van der Waals surface area contributed by atoms with Gasteiger partial charge in [0.2, 0.25) is 0 Å². The molecular formula is C22H28O2S. The largest absolute Gasteiger partial charge is 0.497 e. The highest BCUT2D eigenvalue weighted by molar-refractivity contribution is 8.00. The van der Waals surface area contributed by atoms with Crippen molar-refractivity contribution in [1.82, 2.24) is 0 Å². The average Bonchev–Trinajstić information content (AvgIpc) is 2.92. The second kappa shape index (κ2) is 8.29. The third-order valence-electron chi connectivity index (χ3n) is 5.10.